The number of aliphatic carboxylic acids is 1. The average Bonchev–Trinajstić information content (AvgIpc) is 2.27. The number of likely N-dealkylation sites (tertiary alicyclic amines) is 1. The van der Waals surface area contributed by atoms with Crippen LogP contribution in [0.3, 0.4) is 0 Å². The van der Waals surface area contributed by atoms with Gasteiger partial charge in [0.2, 0.25) is 0 Å². The monoisotopic (exact) mass is 229 g/mol. The molecule has 1 fully saturated rings. The number of rotatable bonds is 6. The van der Waals surface area contributed by atoms with Gasteiger partial charge in [-0.3, -0.25) is 4.90 Å². The van der Waals surface area contributed by atoms with E-state index in [0.29, 0.717) is 13.2 Å². The molecule has 0 aliphatic carbocycles. The normalized spacial score (nSPS) is 19.3. The average molecular weight is 229 g/mol. The van der Waals surface area contributed by atoms with Crippen LogP contribution in [0.2, 0.25) is 0 Å². The fourth-order valence-corrected chi connectivity index (χ4v) is 1.78. The zero-order chi connectivity index (χ0) is 11.8. The zero-order valence-electron chi connectivity index (χ0n) is 9.34. The molecule has 5 heteroatoms. The molecule has 0 radical (unpaired) electrons. The second-order valence-corrected chi connectivity index (χ2v) is 3.83. The summed E-state index contributed by atoms with van der Waals surface area (Å²) in [7, 11) is 0. The maximum absolute atomic E-state index is 10.3. The van der Waals surface area contributed by atoms with Gasteiger partial charge < -0.3 is 14.9 Å². The summed E-state index contributed by atoms with van der Waals surface area (Å²) in [5.41, 5.74) is 0. The minimum atomic E-state index is -0.902. The number of hydrogen-bond acceptors (Lipinski definition) is 4. The van der Waals surface area contributed by atoms with Crippen LogP contribution in [0.4, 0.5) is 0 Å². The van der Waals surface area contributed by atoms with Crippen LogP contribution >= 0.6 is 0 Å². The van der Waals surface area contributed by atoms with E-state index in [0.717, 1.165) is 25.9 Å². The summed E-state index contributed by atoms with van der Waals surface area (Å²) in [6.45, 7) is 2.99. The topological polar surface area (TPSA) is 70.0 Å². The highest BCUT2D eigenvalue weighted by Crippen LogP contribution is 2.13. The fourth-order valence-electron chi connectivity index (χ4n) is 1.78. The van der Waals surface area contributed by atoms with E-state index < -0.39 is 5.97 Å². The van der Waals surface area contributed by atoms with Crippen molar-refractivity contribution >= 4 is 5.97 Å². The van der Waals surface area contributed by atoms with E-state index in [4.69, 9.17) is 14.9 Å². The summed E-state index contributed by atoms with van der Waals surface area (Å²) < 4.78 is 5.43. The number of piperidine rings is 1. The highest BCUT2D eigenvalue weighted by Gasteiger charge is 2.18. The van der Waals surface area contributed by atoms with Crippen molar-refractivity contribution in [3.05, 3.63) is 12.2 Å². The van der Waals surface area contributed by atoms with Crippen molar-refractivity contribution in [1.29, 1.82) is 0 Å². The lowest BCUT2D eigenvalue weighted by atomic mass is 10.1. The molecule has 0 unspecified atom stereocenters. The first-order valence-electron chi connectivity index (χ1n) is 5.56. The molecule has 5 nitrogen and oxygen atoms in total. The molecule has 1 aliphatic rings. The Bertz CT molecular complexity index is 234. The van der Waals surface area contributed by atoms with E-state index in [-0.39, 0.29) is 12.7 Å². The molecule has 0 spiro atoms. The summed E-state index contributed by atoms with van der Waals surface area (Å²) in [4.78, 5) is 12.5. The molecule has 16 heavy (non-hydrogen) atoms. The predicted octanol–water partition coefficient (Wildman–Crippen LogP) is 0.101. The van der Waals surface area contributed by atoms with Crippen LogP contribution in [0, 0.1) is 0 Å². The highest BCUT2D eigenvalue weighted by molar-refractivity contribution is 5.79. The summed E-state index contributed by atoms with van der Waals surface area (Å²) >= 11 is 0. The van der Waals surface area contributed by atoms with Gasteiger partial charge >= 0.3 is 5.97 Å². The van der Waals surface area contributed by atoms with Crippen molar-refractivity contribution in [3.8, 4) is 0 Å². The first kappa shape index (κ1) is 13.2. The molecular weight excluding hydrogens is 210 g/mol. The van der Waals surface area contributed by atoms with Crippen molar-refractivity contribution < 1.29 is 19.7 Å². The van der Waals surface area contributed by atoms with Crippen LogP contribution in [0.15, 0.2) is 12.2 Å². The third kappa shape index (κ3) is 5.25. The molecular formula is C11H19NO4. The van der Waals surface area contributed by atoms with Gasteiger partial charge in [-0.2, -0.15) is 0 Å². The van der Waals surface area contributed by atoms with Gasteiger partial charge in [-0.1, -0.05) is 6.08 Å². The van der Waals surface area contributed by atoms with E-state index in [1.165, 1.54) is 6.08 Å². The first-order valence-corrected chi connectivity index (χ1v) is 5.56. The molecule has 0 saturated carbocycles. The summed E-state index contributed by atoms with van der Waals surface area (Å²) in [6, 6.07) is 0. The second-order valence-electron chi connectivity index (χ2n) is 3.83. The van der Waals surface area contributed by atoms with Gasteiger partial charge in [-0.15, -0.1) is 0 Å². The molecule has 1 saturated heterocycles. The molecule has 1 rings (SSSR count). The van der Waals surface area contributed by atoms with Crippen LogP contribution in [-0.4, -0.2) is 60.0 Å². The quantitative estimate of drug-likeness (QED) is 0.632. The third-order valence-corrected chi connectivity index (χ3v) is 2.60. The molecule has 0 amide bonds. The van der Waals surface area contributed by atoms with Gasteiger partial charge in [-0.25, -0.2) is 4.79 Å². The van der Waals surface area contributed by atoms with Crippen molar-refractivity contribution in [2.45, 2.75) is 18.9 Å². The first-order chi connectivity index (χ1) is 7.72. The summed E-state index contributed by atoms with van der Waals surface area (Å²) in [5.74, 6) is -0.902. The van der Waals surface area contributed by atoms with E-state index in [2.05, 4.69) is 4.90 Å². The Labute approximate surface area is 95.3 Å². The number of aliphatic hydroxyl groups excluding tert-OH is 1. The third-order valence-electron chi connectivity index (χ3n) is 2.60. The van der Waals surface area contributed by atoms with Crippen LogP contribution in [0.25, 0.3) is 0 Å². The van der Waals surface area contributed by atoms with Gasteiger partial charge in [0.15, 0.2) is 0 Å². The minimum Gasteiger partial charge on any atom is -0.478 e. The SMILES string of the molecule is O=C(O)/C=C/CN1CCC(OCCO)CC1. The van der Waals surface area contributed by atoms with E-state index >= 15 is 0 Å². The fraction of sp³-hybridized carbons (Fsp3) is 0.727. The summed E-state index contributed by atoms with van der Waals surface area (Å²) in [5, 5.41) is 17.1. The molecule has 92 valence electrons. The molecule has 0 bridgehead atoms. The smallest absolute Gasteiger partial charge is 0.328 e. The number of carboxylic acid groups (broad SMARTS) is 1. The highest BCUT2D eigenvalue weighted by atomic mass is 16.5. The Morgan fingerprint density at radius 1 is 1.44 bits per heavy atom. The Kier molecular flexibility index (Phi) is 6.07. The van der Waals surface area contributed by atoms with Crippen LogP contribution < -0.4 is 0 Å². The Balaban J connectivity index is 2.14. The maximum Gasteiger partial charge on any atom is 0.328 e. The largest absolute Gasteiger partial charge is 0.478 e. The van der Waals surface area contributed by atoms with E-state index in [9.17, 15) is 4.79 Å². The number of carbonyl (C=O) groups is 1. The van der Waals surface area contributed by atoms with Gasteiger partial charge in [0, 0.05) is 25.7 Å². The molecule has 0 atom stereocenters. The molecule has 0 aromatic carbocycles. The molecule has 0 aromatic heterocycles. The van der Waals surface area contributed by atoms with Crippen LogP contribution in [-0.2, 0) is 9.53 Å². The predicted molar refractivity (Wildman–Crippen MR) is 59.3 cm³/mol. The Morgan fingerprint density at radius 3 is 2.69 bits per heavy atom. The lowest BCUT2D eigenvalue weighted by Crippen LogP contribution is -2.37. The number of carboxylic acids is 1. The van der Waals surface area contributed by atoms with E-state index in [1.54, 1.807) is 6.08 Å². The molecule has 1 heterocycles. The molecule has 1 aliphatic heterocycles. The summed E-state index contributed by atoms with van der Waals surface area (Å²) in [6.07, 6.45) is 4.97. The number of hydrogen-bond donors (Lipinski definition) is 2. The lowest BCUT2D eigenvalue weighted by Gasteiger charge is -2.30. The molecule has 0 aromatic rings. The minimum absolute atomic E-state index is 0.0710. The van der Waals surface area contributed by atoms with Crippen molar-refractivity contribution in [3.63, 3.8) is 0 Å². The second kappa shape index (κ2) is 7.38. The van der Waals surface area contributed by atoms with Gasteiger partial charge in [0.25, 0.3) is 0 Å². The van der Waals surface area contributed by atoms with Crippen molar-refractivity contribution in [1.82, 2.24) is 4.90 Å². The Hall–Kier alpha value is -0.910. The maximum atomic E-state index is 10.3. The standard InChI is InChI=1S/C11H19NO4/c13-8-9-16-10-3-6-12(7-4-10)5-1-2-11(14)15/h1-2,10,13H,3-9H2,(H,14,15)/b2-1+. The number of nitrogens with zero attached hydrogens (tertiary/aromatic N) is 1. The van der Waals surface area contributed by atoms with Gasteiger partial charge in [-0.05, 0) is 12.8 Å². The van der Waals surface area contributed by atoms with Crippen molar-refractivity contribution in [2.75, 3.05) is 32.8 Å². The number of aliphatic hydroxyl groups is 1. The van der Waals surface area contributed by atoms with Crippen molar-refractivity contribution in [2.24, 2.45) is 0 Å². The zero-order valence-corrected chi connectivity index (χ0v) is 9.34. The van der Waals surface area contributed by atoms with Gasteiger partial charge in [0.05, 0.1) is 19.3 Å². The van der Waals surface area contributed by atoms with Gasteiger partial charge in [0.1, 0.15) is 0 Å². The lowest BCUT2D eigenvalue weighted by molar-refractivity contribution is -0.131. The Morgan fingerprint density at radius 2 is 2.12 bits per heavy atom. The van der Waals surface area contributed by atoms with E-state index in [1.807, 2.05) is 0 Å². The number of ether oxygens (including phenoxy) is 1. The molecule has 2 N–H and O–H groups in total. The van der Waals surface area contributed by atoms with Crippen LogP contribution in [0.5, 0.6) is 0 Å². The van der Waals surface area contributed by atoms with Crippen LogP contribution in [0.1, 0.15) is 12.8 Å².